The molecule has 8 heteroatoms. The molecule has 0 spiro atoms. The molecule has 2 rings (SSSR count). The first-order valence-electron chi connectivity index (χ1n) is 5.77. The normalized spacial score (nSPS) is 10.5. The van der Waals surface area contributed by atoms with E-state index in [4.69, 9.17) is 0 Å². The molecule has 0 saturated carbocycles. The van der Waals surface area contributed by atoms with Crippen molar-refractivity contribution in [2.45, 2.75) is 0 Å². The zero-order valence-corrected chi connectivity index (χ0v) is 10.6. The number of nitro benzene ring substituents is 1. The lowest BCUT2D eigenvalue weighted by Crippen LogP contribution is -2.17. The number of nitrogens with zero attached hydrogens (tertiary/aromatic N) is 3. The molecule has 2 aromatic rings. The van der Waals surface area contributed by atoms with Gasteiger partial charge in [0, 0.05) is 24.0 Å². The molecule has 0 radical (unpaired) electrons. The van der Waals surface area contributed by atoms with Crippen LogP contribution in [0.25, 0.3) is 0 Å². The van der Waals surface area contributed by atoms with Gasteiger partial charge in [-0.1, -0.05) is 6.07 Å². The molecule has 1 amide bonds. The van der Waals surface area contributed by atoms with Crippen molar-refractivity contribution < 1.29 is 14.8 Å². The minimum atomic E-state index is -0.755. The molecule has 1 N–H and O–H groups in total. The number of aromatic nitrogens is 1. The van der Waals surface area contributed by atoms with Crippen LogP contribution in [0.2, 0.25) is 0 Å². The van der Waals surface area contributed by atoms with Crippen molar-refractivity contribution in [3.05, 3.63) is 64.0 Å². The number of carbonyl (C=O) groups is 1. The molecular formula is C13H9N4O4-. The minimum Gasteiger partial charge on any atom is -0.868 e. The Kier molecular flexibility index (Phi) is 4.20. The van der Waals surface area contributed by atoms with Gasteiger partial charge in [0.1, 0.15) is 0 Å². The Bertz CT molecular complexity index is 701. The molecule has 21 heavy (non-hydrogen) atoms. The number of rotatable bonds is 4. The number of amides is 1. The Hall–Kier alpha value is -3.29. The van der Waals surface area contributed by atoms with Gasteiger partial charge >= 0.3 is 0 Å². The van der Waals surface area contributed by atoms with Crippen LogP contribution in [0.1, 0.15) is 15.9 Å². The Morgan fingerprint density at radius 2 is 2.00 bits per heavy atom. The predicted octanol–water partition coefficient (Wildman–Crippen LogP) is 0.827. The van der Waals surface area contributed by atoms with E-state index in [0.29, 0.717) is 11.1 Å². The number of nitro groups is 1. The molecule has 106 valence electrons. The molecule has 0 aliphatic carbocycles. The van der Waals surface area contributed by atoms with Crippen LogP contribution >= 0.6 is 0 Å². The molecule has 0 aliphatic rings. The van der Waals surface area contributed by atoms with Gasteiger partial charge in [0.15, 0.2) is 0 Å². The lowest BCUT2D eigenvalue weighted by Gasteiger charge is -2.06. The van der Waals surface area contributed by atoms with Crippen molar-refractivity contribution in [2.24, 2.45) is 5.10 Å². The summed E-state index contributed by atoms with van der Waals surface area (Å²) in [6.45, 7) is 0. The second kappa shape index (κ2) is 6.24. The van der Waals surface area contributed by atoms with Crippen LogP contribution in [0.3, 0.4) is 0 Å². The van der Waals surface area contributed by atoms with Crippen LogP contribution in [0, 0.1) is 10.1 Å². The molecular weight excluding hydrogens is 276 g/mol. The maximum Gasteiger partial charge on any atom is 0.271 e. The average molecular weight is 285 g/mol. The van der Waals surface area contributed by atoms with Crippen LogP contribution < -0.4 is 10.5 Å². The fraction of sp³-hybridized carbons (Fsp3) is 0. The molecule has 0 bridgehead atoms. The number of nitrogens with one attached hydrogen (secondary N) is 1. The summed E-state index contributed by atoms with van der Waals surface area (Å²) in [7, 11) is 0. The highest BCUT2D eigenvalue weighted by Crippen LogP contribution is 2.22. The monoisotopic (exact) mass is 285 g/mol. The zero-order valence-electron chi connectivity index (χ0n) is 10.6. The summed E-state index contributed by atoms with van der Waals surface area (Å²) in [5.74, 6) is -1.15. The third-order valence-electron chi connectivity index (χ3n) is 2.50. The van der Waals surface area contributed by atoms with Crippen LogP contribution in [0.5, 0.6) is 5.75 Å². The number of carbonyl (C=O) groups excluding carboxylic acids is 1. The Morgan fingerprint density at radius 1 is 1.29 bits per heavy atom. The molecule has 0 unspecified atom stereocenters. The lowest BCUT2D eigenvalue weighted by molar-refractivity contribution is -0.398. The summed E-state index contributed by atoms with van der Waals surface area (Å²) in [4.78, 5) is 25.2. The van der Waals surface area contributed by atoms with E-state index in [0.717, 1.165) is 12.1 Å². The van der Waals surface area contributed by atoms with Gasteiger partial charge in [0.2, 0.25) is 0 Å². The van der Waals surface area contributed by atoms with Gasteiger partial charge in [-0.15, -0.1) is 0 Å². The molecule has 0 aliphatic heterocycles. The topological polar surface area (TPSA) is 121 Å². The maximum atomic E-state index is 11.6. The number of pyridine rings is 1. The number of benzene rings is 1. The summed E-state index contributed by atoms with van der Waals surface area (Å²) in [6, 6.07) is 6.56. The lowest BCUT2D eigenvalue weighted by atomic mass is 10.2. The fourth-order valence-corrected chi connectivity index (χ4v) is 1.50. The third kappa shape index (κ3) is 3.60. The van der Waals surface area contributed by atoms with Crippen LogP contribution in [0.4, 0.5) is 5.69 Å². The van der Waals surface area contributed by atoms with Crippen molar-refractivity contribution in [3.8, 4) is 5.75 Å². The molecule has 0 atom stereocenters. The number of hydrazone groups is 1. The Labute approximate surface area is 118 Å². The third-order valence-corrected chi connectivity index (χ3v) is 2.50. The maximum absolute atomic E-state index is 11.6. The summed E-state index contributed by atoms with van der Waals surface area (Å²) >= 11 is 0. The highest BCUT2D eigenvalue weighted by Gasteiger charge is 2.06. The van der Waals surface area contributed by atoms with E-state index in [1.54, 1.807) is 0 Å². The first kappa shape index (κ1) is 14.1. The molecule has 1 heterocycles. The van der Waals surface area contributed by atoms with Crippen molar-refractivity contribution in [1.29, 1.82) is 0 Å². The first-order chi connectivity index (χ1) is 10.1. The van der Waals surface area contributed by atoms with Gasteiger partial charge in [-0.05, 0) is 29.5 Å². The van der Waals surface area contributed by atoms with Gasteiger partial charge in [0.05, 0.1) is 11.1 Å². The van der Waals surface area contributed by atoms with Crippen LogP contribution in [0.15, 0.2) is 47.8 Å². The van der Waals surface area contributed by atoms with Crippen molar-refractivity contribution >= 4 is 17.8 Å². The fourth-order valence-electron chi connectivity index (χ4n) is 1.50. The summed E-state index contributed by atoms with van der Waals surface area (Å²) in [5.41, 5.74) is 2.50. The van der Waals surface area contributed by atoms with Gasteiger partial charge < -0.3 is 5.11 Å². The highest BCUT2D eigenvalue weighted by molar-refractivity contribution is 5.94. The summed E-state index contributed by atoms with van der Waals surface area (Å²) in [6.07, 6.45) is 4.17. The van der Waals surface area contributed by atoms with E-state index in [9.17, 15) is 20.0 Å². The van der Waals surface area contributed by atoms with E-state index in [-0.39, 0.29) is 0 Å². The smallest absolute Gasteiger partial charge is 0.271 e. The first-order valence-corrected chi connectivity index (χ1v) is 5.77. The molecule has 1 aromatic heterocycles. The molecule has 0 fully saturated rings. The van der Waals surface area contributed by atoms with Gasteiger partial charge in [-0.3, -0.25) is 19.9 Å². The van der Waals surface area contributed by atoms with Crippen molar-refractivity contribution in [1.82, 2.24) is 10.4 Å². The second-order valence-corrected chi connectivity index (χ2v) is 3.92. The molecule has 1 aromatic carbocycles. The SMILES string of the molecule is O=C(N/N=C\c1ccc([N+](=O)[O-])c([O-])c1)c1ccncc1. The average Bonchev–Trinajstić information content (AvgIpc) is 2.47. The van der Waals surface area contributed by atoms with Gasteiger partial charge in [0.25, 0.3) is 11.6 Å². The number of hydrogen-bond donors (Lipinski definition) is 1. The van der Waals surface area contributed by atoms with Crippen LogP contribution in [-0.2, 0) is 0 Å². The van der Waals surface area contributed by atoms with Crippen LogP contribution in [-0.4, -0.2) is 22.0 Å². The van der Waals surface area contributed by atoms with Crippen molar-refractivity contribution in [2.75, 3.05) is 0 Å². The standard InChI is InChI=1S/C13H10N4O4/c18-12-7-9(1-2-11(12)17(20)21)8-15-16-13(19)10-3-5-14-6-4-10/h1-8,18H,(H,16,19)/p-1/b15-8-. The van der Waals surface area contributed by atoms with E-state index < -0.39 is 22.3 Å². The summed E-state index contributed by atoms with van der Waals surface area (Å²) in [5, 5.41) is 25.6. The zero-order chi connectivity index (χ0) is 15.2. The largest absolute Gasteiger partial charge is 0.868 e. The Morgan fingerprint density at radius 3 is 2.62 bits per heavy atom. The summed E-state index contributed by atoms with van der Waals surface area (Å²) < 4.78 is 0. The van der Waals surface area contributed by atoms with Gasteiger partial charge in [-0.2, -0.15) is 5.10 Å². The van der Waals surface area contributed by atoms with E-state index in [1.807, 2.05) is 0 Å². The highest BCUT2D eigenvalue weighted by atomic mass is 16.6. The van der Waals surface area contributed by atoms with E-state index in [1.165, 1.54) is 36.8 Å². The minimum absolute atomic E-state index is 0.348. The van der Waals surface area contributed by atoms with Gasteiger partial charge in [-0.25, -0.2) is 5.43 Å². The molecule has 8 nitrogen and oxygen atoms in total. The second-order valence-electron chi connectivity index (χ2n) is 3.92. The predicted molar refractivity (Wildman–Crippen MR) is 71.8 cm³/mol. The van der Waals surface area contributed by atoms with E-state index >= 15 is 0 Å². The number of hydrogen-bond acceptors (Lipinski definition) is 6. The van der Waals surface area contributed by atoms with Crippen molar-refractivity contribution in [3.63, 3.8) is 0 Å². The quantitative estimate of drug-likeness (QED) is 0.506. The van der Waals surface area contributed by atoms with E-state index in [2.05, 4.69) is 15.5 Å². The Balaban J connectivity index is 2.03. The molecule has 0 saturated heterocycles.